The molecule has 0 bridgehead atoms. The van der Waals surface area contributed by atoms with E-state index >= 15 is 0 Å². The minimum absolute atomic E-state index is 0.0343. The molecule has 3 aromatic carbocycles. The van der Waals surface area contributed by atoms with Crippen molar-refractivity contribution in [2.45, 2.75) is 6.42 Å². The normalized spacial score (nSPS) is 10.5. The lowest BCUT2D eigenvalue weighted by Gasteiger charge is -2.08. The van der Waals surface area contributed by atoms with Gasteiger partial charge in [0.05, 0.1) is 11.3 Å². The highest BCUT2D eigenvalue weighted by Gasteiger charge is 2.14. The molecule has 0 aromatic heterocycles. The molecular weight excluding hydrogens is 328 g/mol. The summed E-state index contributed by atoms with van der Waals surface area (Å²) in [4.78, 5) is 22.6. The van der Waals surface area contributed by atoms with Crippen molar-refractivity contribution in [3.8, 4) is 0 Å². The maximum Gasteiger partial charge on any atom is 0.289 e. The second-order valence-electron chi connectivity index (χ2n) is 5.29. The lowest BCUT2D eigenvalue weighted by Crippen LogP contribution is -2.14. The molecule has 0 fully saturated rings. The molecule has 0 heterocycles. The van der Waals surface area contributed by atoms with Crippen molar-refractivity contribution in [1.29, 1.82) is 0 Å². The molecule has 0 unspecified atom stereocenters. The van der Waals surface area contributed by atoms with E-state index in [9.17, 15) is 14.9 Å². The molecule has 0 atom stereocenters. The number of nitrogens with zero attached hydrogens (tertiary/aromatic N) is 1. The summed E-state index contributed by atoms with van der Waals surface area (Å²) < 4.78 is 0. The van der Waals surface area contributed by atoms with Crippen molar-refractivity contribution in [2.75, 3.05) is 5.32 Å². The standard InChI is InChI=1S/C18H13ClN2O3/c19-16-9-8-14(11-17(16)21(23)24)20-18(22)10-13-6-3-5-12-4-1-2-7-15(12)13/h1-9,11H,10H2,(H,20,22). The molecule has 5 nitrogen and oxygen atoms in total. The quantitative estimate of drug-likeness (QED) is 0.558. The summed E-state index contributed by atoms with van der Waals surface area (Å²) in [6.45, 7) is 0. The summed E-state index contributed by atoms with van der Waals surface area (Å²) in [6.07, 6.45) is 0.178. The van der Waals surface area contributed by atoms with Crippen LogP contribution in [-0.4, -0.2) is 10.8 Å². The average molecular weight is 341 g/mol. The van der Waals surface area contributed by atoms with Crippen LogP contribution in [0.1, 0.15) is 5.56 Å². The first-order valence-electron chi connectivity index (χ1n) is 7.25. The molecule has 3 rings (SSSR count). The van der Waals surface area contributed by atoms with Gasteiger partial charge in [-0.25, -0.2) is 0 Å². The number of amides is 1. The van der Waals surface area contributed by atoms with Crippen LogP contribution in [0.4, 0.5) is 11.4 Å². The van der Waals surface area contributed by atoms with E-state index in [1.807, 2.05) is 42.5 Å². The molecule has 24 heavy (non-hydrogen) atoms. The zero-order chi connectivity index (χ0) is 17.1. The first-order chi connectivity index (χ1) is 11.5. The van der Waals surface area contributed by atoms with Crippen LogP contribution in [0, 0.1) is 10.1 Å². The van der Waals surface area contributed by atoms with E-state index in [0.717, 1.165) is 16.3 Å². The molecule has 0 aliphatic rings. The van der Waals surface area contributed by atoms with Gasteiger partial charge in [0.2, 0.25) is 5.91 Å². The summed E-state index contributed by atoms with van der Waals surface area (Å²) >= 11 is 5.77. The summed E-state index contributed by atoms with van der Waals surface area (Å²) in [6, 6.07) is 17.8. The van der Waals surface area contributed by atoms with Crippen LogP contribution in [0.5, 0.6) is 0 Å². The van der Waals surface area contributed by atoms with Gasteiger partial charge in [-0.3, -0.25) is 14.9 Å². The van der Waals surface area contributed by atoms with Crippen LogP contribution in [0.15, 0.2) is 60.7 Å². The number of halogens is 1. The Kier molecular flexibility index (Phi) is 4.44. The summed E-state index contributed by atoms with van der Waals surface area (Å²) in [5.74, 6) is -0.247. The van der Waals surface area contributed by atoms with Gasteiger partial charge in [0.25, 0.3) is 5.69 Å². The molecule has 0 spiro atoms. The number of anilines is 1. The number of hydrogen-bond donors (Lipinski definition) is 1. The minimum atomic E-state index is -0.581. The van der Waals surface area contributed by atoms with Gasteiger partial charge in [-0.2, -0.15) is 0 Å². The maximum absolute atomic E-state index is 12.3. The van der Waals surface area contributed by atoms with Crippen molar-refractivity contribution in [3.63, 3.8) is 0 Å². The number of nitro groups is 1. The Morgan fingerprint density at radius 3 is 2.62 bits per heavy atom. The van der Waals surface area contributed by atoms with E-state index in [1.165, 1.54) is 18.2 Å². The number of carbonyl (C=O) groups excluding carboxylic acids is 1. The first-order valence-corrected chi connectivity index (χ1v) is 7.63. The lowest BCUT2D eigenvalue weighted by atomic mass is 10.0. The van der Waals surface area contributed by atoms with Crippen LogP contribution >= 0.6 is 11.6 Å². The van der Waals surface area contributed by atoms with E-state index in [0.29, 0.717) is 5.69 Å². The highest BCUT2D eigenvalue weighted by molar-refractivity contribution is 6.32. The van der Waals surface area contributed by atoms with E-state index < -0.39 is 4.92 Å². The largest absolute Gasteiger partial charge is 0.326 e. The third kappa shape index (κ3) is 3.36. The van der Waals surface area contributed by atoms with Gasteiger partial charge in [-0.05, 0) is 28.5 Å². The molecule has 0 aliphatic heterocycles. The van der Waals surface area contributed by atoms with Crippen molar-refractivity contribution in [2.24, 2.45) is 0 Å². The van der Waals surface area contributed by atoms with Crippen LogP contribution in [0.2, 0.25) is 5.02 Å². The predicted octanol–water partition coefficient (Wildman–Crippen LogP) is 4.58. The summed E-state index contributed by atoms with van der Waals surface area (Å²) in [5.41, 5.74) is 1.00. The molecule has 0 aliphatic carbocycles. The van der Waals surface area contributed by atoms with Gasteiger partial charge in [-0.1, -0.05) is 54.1 Å². The first kappa shape index (κ1) is 16.0. The third-order valence-electron chi connectivity index (χ3n) is 3.66. The topological polar surface area (TPSA) is 72.2 Å². The highest BCUT2D eigenvalue weighted by Crippen LogP contribution is 2.27. The Labute approximate surface area is 143 Å². The Hall–Kier alpha value is -2.92. The second-order valence-corrected chi connectivity index (χ2v) is 5.69. The van der Waals surface area contributed by atoms with Crippen LogP contribution in [-0.2, 0) is 11.2 Å². The molecule has 6 heteroatoms. The Morgan fingerprint density at radius 2 is 1.83 bits per heavy atom. The maximum atomic E-state index is 12.3. The second kappa shape index (κ2) is 6.68. The monoisotopic (exact) mass is 340 g/mol. The molecule has 120 valence electrons. The SMILES string of the molecule is O=C(Cc1cccc2ccccc12)Nc1ccc(Cl)c([N+](=O)[O-])c1. The van der Waals surface area contributed by atoms with Crippen LogP contribution in [0.3, 0.4) is 0 Å². The lowest BCUT2D eigenvalue weighted by molar-refractivity contribution is -0.384. The summed E-state index contributed by atoms with van der Waals surface area (Å²) in [5, 5.41) is 15.7. The fraction of sp³-hybridized carbons (Fsp3) is 0.0556. The minimum Gasteiger partial charge on any atom is -0.326 e. The average Bonchev–Trinajstić information content (AvgIpc) is 2.56. The fourth-order valence-electron chi connectivity index (χ4n) is 2.56. The molecule has 3 aromatic rings. The van der Waals surface area contributed by atoms with E-state index in [2.05, 4.69) is 5.32 Å². The number of nitro benzene ring substituents is 1. The number of rotatable bonds is 4. The molecule has 0 saturated carbocycles. The van der Waals surface area contributed by atoms with E-state index in [4.69, 9.17) is 11.6 Å². The van der Waals surface area contributed by atoms with Gasteiger partial charge in [-0.15, -0.1) is 0 Å². The summed E-state index contributed by atoms with van der Waals surface area (Å²) in [7, 11) is 0. The van der Waals surface area contributed by atoms with Crippen molar-refractivity contribution < 1.29 is 9.72 Å². The molecule has 0 saturated heterocycles. The zero-order valence-electron chi connectivity index (χ0n) is 12.5. The number of carbonyl (C=O) groups is 1. The van der Waals surface area contributed by atoms with Gasteiger partial charge in [0.1, 0.15) is 5.02 Å². The molecule has 1 amide bonds. The number of fused-ring (bicyclic) bond motifs is 1. The molecular formula is C18H13ClN2O3. The molecule has 1 N–H and O–H groups in total. The smallest absolute Gasteiger partial charge is 0.289 e. The highest BCUT2D eigenvalue weighted by atomic mass is 35.5. The Balaban J connectivity index is 1.81. The van der Waals surface area contributed by atoms with Crippen LogP contribution < -0.4 is 5.32 Å². The predicted molar refractivity (Wildman–Crippen MR) is 94.4 cm³/mol. The van der Waals surface area contributed by atoms with Crippen molar-refractivity contribution in [3.05, 3.63) is 81.4 Å². The number of benzene rings is 3. The van der Waals surface area contributed by atoms with Gasteiger partial charge in [0.15, 0.2) is 0 Å². The molecule has 0 radical (unpaired) electrons. The third-order valence-corrected chi connectivity index (χ3v) is 3.98. The van der Waals surface area contributed by atoms with Crippen molar-refractivity contribution in [1.82, 2.24) is 0 Å². The zero-order valence-corrected chi connectivity index (χ0v) is 13.3. The fourth-order valence-corrected chi connectivity index (χ4v) is 2.74. The van der Waals surface area contributed by atoms with Gasteiger partial charge < -0.3 is 5.32 Å². The number of hydrogen-bond acceptors (Lipinski definition) is 3. The van der Waals surface area contributed by atoms with Crippen LogP contribution in [0.25, 0.3) is 10.8 Å². The van der Waals surface area contributed by atoms with Gasteiger partial charge >= 0.3 is 0 Å². The van der Waals surface area contributed by atoms with Crippen molar-refractivity contribution >= 4 is 39.7 Å². The number of nitrogens with one attached hydrogen (secondary N) is 1. The van der Waals surface area contributed by atoms with E-state index in [1.54, 1.807) is 0 Å². The van der Waals surface area contributed by atoms with Gasteiger partial charge in [0, 0.05) is 11.8 Å². The Morgan fingerprint density at radius 1 is 1.08 bits per heavy atom. The Bertz CT molecular complexity index is 935. The van der Waals surface area contributed by atoms with E-state index in [-0.39, 0.29) is 23.0 Å².